The fraction of sp³-hybridized carbons (Fsp3) is 0.231. The van der Waals surface area contributed by atoms with Crippen molar-refractivity contribution in [1.29, 1.82) is 5.26 Å². The van der Waals surface area contributed by atoms with E-state index >= 15 is 0 Å². The van der Waals surface area contributed by atoms with Gasteiger partial charge in [-0.05, 0) is 40.5 Å². The van der Waals surface area contributed by atoms with Gasteiger partial charge in [0.15, 0.2) is 0 Å². The van der Waals surface area contributed by atoms with E-state index in [-0.39, 0.29) is 28.7 Å². The maximum Gasteiger partial charge on any atom is 0.271 e. The summed E-state index contributed by atoms with van der Waals surface area (Å²) in [7, 11) is 0. The Morgan fingerprint density at radius 2 is 1.91 bits per heavy atom. The van der Waals surface area contributed by atoms with Crippen molar-refractivity contribution in [3.05, 3.63) is 76.9 Å². The van der Waals surface area contributed by atoms with Crippen LogP contribution in [0.3, 0.4) is 0 Å². The zero-order valence-corrected chi connectivity index (χ0v) is 19.1. The number of hydrazone groups is 1. The zero-order valence-electron chi connectivity index (χ0n) is 19.1. The topological polar surface area (TPSA) is 141 Å². The molecule has 3 aromatic carbocycles. The van der Waals surface area contributed by atoms with E-state index in [0.29, 0.717) is 6.54 Å². The fourth-order valence-corrected chi connectivity index (χ4v) is 3.68. The van der Waals surface area contributed by atoms with Crippen molar-refractivity contribution >= 4 is 28.8 Å². The van der Waals surface area contributed by atoms with Crippen molar-refractivity contribution in [3.63, 3.8) is 0 Å². The van der Waals surface area contributed by atoms with Gasteiger partial charge in [-0.15, -0.1) is 0 Å². The van der Waals surface area contributed by atoms with Crippen LogP contribution in [0, 0.1) is 17.2 Å². The first-order chi connectivity index (χ1) is 16.3. The summed E-state index contributed by atoms with van der Waals surface area (Å²) in [4.78, 5) is 24.2. The van der Waals surface area contributed by atoms with Gasteiger partial charge in [0.05, 0.1) is 17.8 Å². The number of rotatable bonds is 9. The average molecular weight is 458 g/mol. The molecule has 8 nitrogen and oxygen atoms in total. The van der Waals surface area contributed by atoms with Crippen LogP contribution in [-0.2, 0) is 11.3 Å². The molecule has 0 spiro atoms. The van der Waals surface area contributed by atoms with Gasteiger partial charge >= 0.3 is 0 Å². The Kier molecular flexibility index (Phi) is 7.96. The molecule has 2 unspecified atom stereocenters. The first-order valence-corrected chi connectivity index (χ1v) is 11.0. The van der Waals surface area contributed by atoms with E-state index in [2.05, 4.69) is 15.8 Å². The zero-order chi connectivity index (χ0) is 24.7. The highest BCUT2D eigenvalue weighted by Gasteiger charge is 2.21. The molecular weight excluding hydrogens is 430 g/mol. The number of nitriles is 1. The first kappa shape index (κ1) is 24.4. The standard InChI is InChI=1S/C26H27N5O3/c1-3-16(2)24(25(28)33)29-14-18-8-9-19(22-7-5-4-6-21(18)22)15-30-31-26(34)17-10-11-23(32)20(12-17)13-27/h4-12,15-16,24,29,32H,3,14H2,1-2H3,(H2,28,33)(H,31,34)/b30-15+. The second-order valence-electron chi connectivity index (χ2n) is 8.05. The quantitative estimate of drug-likeness (QED) is 0.289. The highest BCUT2D eigenvalue weighted by molar-refractivity contribution is 6.02. The van der Waals surface area contributed by atoms with Crippen LogP contribution in [0.5, 0.6) is 5.75 Å². The molecule has 34 heavy (non-hydrogen) atoms. The molecule has 0 aliphatic carbocycles. The fourth-order valence-electron chi connectivity index (χ4n) is 3.68. The highest BCUT2D eigenvalue weighted by Crippen LogP contribution is 2.23. The largest absolute Gasteiger partial charge is 0.507 e. The number of hydrogen-bond acceptors (Lipinski definition) is 6. The van der Waals surface area contributed by atoms with Crippen molar-refractivity contribution < 1.29 is 14.7 Å². The van der Waals surface area contributed by atoms with Crippen molar-refractivity contribution in [3.8, 4) is 11.8 Å². The van der Waals surface area contributed by atoms with Crippen molar-refractivity contribution in [1.82, 2.24) is 10.7 Å². The minimum absolute atomic E-state index is 0.0127. The van der Waals surface area contributed by atoms with Crippen molar-refractivity contribution in [2.75, 3.05) is 0 Å². The summed E-state index contributed by atoms with van der Waals surface area (Å²) in [6, 6.07) is 17.1. The number of amides is 2. The number of nitrogens with one attached hydrogen (secondary N) is 2. The van der Waals surface area contributed by atoms with Crippen LogP contribution in [0.4, 0.5) is 0 Å². The summed E-state index contributed by atoms with van der Waals surface area (Å²) in [5, 5.41) is 27.9. The minimum Gasteiger partial charge on any atom is -0.507 e. The van der Waals surface area contributed by atoms with Crippen molar-refractivity contribution in [2.45, 2.75) is 32.9 Å². The Morgan fingerprint density at radius 1 is 1.18 bits per heavy atom. The number of hydrogen-bond donors (Lipinski definition) is 4. The van der Waals surface area contributed by atoms with Crippen LogP contribution in [-0.4, -0.2) is 29.2 Å². The summed E-state index contributed by atoms with van der Waals surface area (Å²) < 4.78 is 0. The van der Waals surface area contributed by atoms with E-state index in [9.17, 15) is 14.7 Å². The molecular formula is C26H27N5O3. The van der Waals surface area contributed by atoms with E-state index in [1.807, 2.05) is 56.3 Å². The van der Waals surface area contributed by atoms with Gasteiger partial charge in [-0.1, -0.05) is 56.7 Å². The van der Waals surface area contributed by atoms with Crippen LogP contribution in [0.1, 0.15) is 47.3 Å². The van der Waals surface area contributed by atoms with Gasteiger partial charge in [-0.25, -0.2) is 5.43 Å². The van der Waals surface area contributed by atoms with E-state index in [4.69, 9.17) is 11.0 Å². The number of aromatic hydroxyl groups is 1. The van der Waals surface area contributed by atoms with Gasteiger partial charge in [-0.3, -0.25) is 9.59 Å². The lowest BCUT2D eigenvalue weighted by molar-refractivity contribution is -0.121. The predicted molar refractivity (Wildman–Crippen MR) is 131 cm³/mol. The maximum atomic E-state index is 12.4. The smallest absolute Gasteiger partial charge is 0.271 e. The summed E-state index contributed by atoms with van der Waals surface area (Å²) in [5.41, 5.74) is 10.1. The number of primary amides is 1. The molecule has 0 saturated heterocycles. The molecule has 0 heterocycles. The first-order valence-electron chi connectivity index (χ1n) is 11.0. The third-order valence-corrected chi connectivity index (χ3v) is 5.83. The number of carbonyl (C=O) groups excluding carboxylic acids is 2. The molecule has 3 aromatic rings. The van der Waals surface area contributed by atoms with E-state index in [1.165, 1.54) is 18.2 Å². The number of nitrogens with two attached hydrogens (primary N) is 1. The number of benzene rings is 3. The number of phenolic OH excluding ortho intramolecular Hbond substituents is 1. The summed E-state index contributed by atoms with van der Waals surface area (Å²) in [5.74, 6) is -0.930. The van der Waals surface area contributed by atoms with Crippen molar-refractivity contribution in [2.24, 2.45) is 16.8 Å². The Hall–Kier alpha value is -4.22. The van der Waals surface area contributed by atoms with Gasteiger partial charge in [0.1, 0.15) is 11.8 Å². The van der Waals surface area contributed by atoms with Gasteiger partial charge in [0, 0.05) is 17.7 Å². The second-order valence-corrected chi connectivity index (χ2v) is 8.05. The number of phenols is 1. The van der Waals surface area contributed by atoms with Gasteiger partial charge < -0.3 is 16.2 Å². The molecule has 0 aliphatic rings. The Bertz CT molecular complexity index is 1280. The average Bonchev–Trinajstić information content (AvgIpc) is 2.84. The molecule has 0 aliphatic heterocycles. The predicted octanol–water partition coefficient (Wildman–Crippen LogP) is 3.17. The molecule has 3 rings (SSSR count). The molecule has 0 fully saturated rings. The van der Waals surface area contributed by atoms with Gasteiger partial charge in [-0.2, -0.15) is 10.4 Å². The Balaban J connectivity index is 1.78. The lowest BCUT2D eigenvalue weighted by Gasteiger charge is -2.21. The molecule has 0 saturated carbocycles. The molecule has 0 radical (unpaired) electrons. The molecule has 2 amide bonds. The van der Waals surface area contributed by atoms with E-state index in [1.54, 1.807) is 6.21 Å². The van der Waals surface area contributed by atoms with Crippen LogP contribution in [0.2, 0.25) is 0 Å². The highest BCUT2D eigenvalue weighted by atomic mass is 16.3. The molecule has 0 aromatic heterocycles. The van der Waals surface area contributed by atoms with Crippen LogP contribution < -0.4 is 16.5 Å². The lowest BCUT2D eigenvalue weighted by atomic mass is 9.97. The van der Waals surface area contributed by atoms with Crippen LogP contribution in [0.25, 0.3) is 10.8 Å². The summed E-state index contributed by atoms with van der Waals surface area (Å²) in [6.45, 7) is 4.50. The molecule has 0 bridgehead atoms. The molecule has 8 heteroatoms. The van der Waals surface area contributed by atoms with Crippen LogP contribution >= 0.6 is 0 Å². The monoisotopic (exact) mass is 457 g/mol. The van der Waals surface area contributed by atoms with Gasteiger partial charge in [0.25, 0.3) is 5.91 Å². The number of carbonyl (C=O) groups is 2. The Morgan fingerprint density at radius 3 is 2.59 bits per heavy atom. The lowest BCUT2D eigenvalue weighted by Crippen LogP contribution is -2.45. The van der Waals surface area contributed by atoms with E-state index in [0.717, 1.165) is 28.3 Å². The number of fused-ring (bicyclic) bond motifs is 1. The third-order valence-electron chi connectivity index (χ3n) is 5.83. The third kappa shape index (κ3) is 5.57. The van der Waals surface area contributed by atoms with Crippen LogP contribution in [0.15, 0.2) is 59.7 Å². The van der Waals surface area contributed by atoms with E-state index < -0.39 is 11.9 Å². The molecule has 2 atom stereocenters. The molecule has 174 valence electrons. The summed E-state index contributed by atoms with van der Waals surface area (Å²) in [6.07, 6.45) is 2.39. The second kappa shape index (κ2) is 11.1. The molecule has 5 N–H and O–H groups in total. The minimum atomic E-state index is -0.500. The normalized spacial score (nSPS) is 12.9. The van der Waals surface area contributed by atoms with Gasteiger partial charge in [0.2, 0.25) is 5.91 Å². The summed E-state index contributed by atoms with van der Waals surface area (Å²) >= 11 is 0. The Labute approximate surface area is 198 Å². The number of nitrogens with zero attached hydrogens (tertiary/aromatic N) is 2. The maximum absolute atomic E-state index is 12.4. The SMILES string of the molecule is CCC(C)C(NCc1ccc(/C=N/NC(=O)c2ccc(O)c(C#N)c2)c2ccccc12)C(N)=O.